The zero-order valence-electron chi connectivity index (χ0n) is 12.3. The van der Waals surface area contributed by atoms with Crippen molar-refractivity contribution in [3.8, 4) is 0 Å². The van der Waals surface area contributed by atoms with E-state index in [2.05, 4.69) is 53.1 Å². The van der Waals surface area contributed by atoms with Crippen molar-refractivity contribution >= 4 is 33.1 Å². The third-order valence-electron chi connectivity index (χ3n) is 3.42. The van der Waals surface area contributed by atoms with E-state index < -0.39 is 0 Å². The van der Waals surface area contributed by atoms with Gasteiger partial charge in [0.15, 0.2) is 5.84 Å². The second-order valence-electron chi connectivity index (χ2n) is 5.00. The average molecular weight is 348 g/mol. The van der Waals surface area contributed by atoms with Gasteiger partial charge in [0, 0.05) is 22.8 Å². The van der Waals surface area contributed by atoms with Crippen molar-refractivity contribution in [1.29, 1.82) is 0 Å². The Morgan fingerprint density at radius 3 is 2.43 bits per heavy atom. The molecule has 4 nitrogen and oxygen atoms in total. The molecule has 0 aliphatic carbocycles. The van der Waals surface area contributed by atoms with E-state index in [4.69, 9.17) is 10.9 Å². The summed E-state index contributed by atoms with van der Waals surface area (Å²) in [6.45, 7) is 4.14. The van der Waals surface area contributed by atoms with Crippen LogP contribution in [0, 0.1) is 13.8 Å². The summed E-state index contributed by atoms with van der Waals surface area (Å²) in [6.07, 6.45) is 0. The number of nitrogens with two attached hydrogens (primary N) is 1. The zero-order valence-corrected chi connectivity index (χ0v) is 13.8. The van der Waals surface area contributed by atoms with Crippen molar-refractivity contribution < 1.29 is 5.21 Å². The van der Waals surface area contributed by atoms with Gasteiger partial charge in [-0.1, -0.05) is 38.8 Å². The van der Waals surface area contributed by atoms with Gasteiger partial charge in [0.05, 0.1) is 5.69 Å². The highest BCUT2D eigenvalue weighted by Crippen LogP contribution is 2.31. The molecule has 0 spiro atoms. The summed E-state index contributed by atoms with van der Waals surface area (Å²) in [6, 6.07) is 12.0. The normalized spacial score (nSPS) is 11.5. The van der Waals surface area contributed by atoms with E-state index >= 15 is 0 Å². The number of benzene rings is 2. The minimum atomic E-state index is 0.0860. The highest BCUT2D eigenvalue weighted by Gasteiger charge is 2.14. The highest BCUT2D eigenvalue weighted by atomic mass is 79.9. The average Bonchev–Trinajstić information content (AvgIpc) is 2.45. The van der Waals surface area contributed by atoms with Crippen LogP contribution in [-0.4, -0.2) is 18.1 Å². The van der Waals surface area contributed by atoms with Gasteiger partial charge in [-0.15, -0.1) is 0 Å². The summed E-state index contributed by atoms with van der Waals surface area (Å²) in [5.74, 6) is 0.0860. The van der Waals surface area contributed by atoms with Crippen LogP contribution >= 0.6 is 15.9 Å². The fourth-order valence-electron chi connectivity index (χ4n) is 2.37. The summed E-state index contributed by atoms with van der Waals surface area (Å²) in [4.78, 5) is 2.04. The topological polar surface area (TPSA) is 61.8 Å². The van der Waals surface area contributed by atoms with Gasteiger partial charge in [0.2, 0.25) is 0 Å². The molecule has 21 heavy (non-hydrogen) atoms. The predicted octanol–water partition coefficient (Wildman–Crippen LogP) is 3.93. The number of amidine groups is 1. The minimum absolute atomic E-state index is 0.0860. The molecule has 0 aromatic heterocycles. The second kappa shape index (κ2) is 6.18. The van der Waals surface area contributed by atoms with Gasteiger partial charge in [-0.05, 0) is 43.7 Å². The van der Waals surface area contributed by atoms with Gasteiger partial charge in [0.1, 0.15) is 0 Å². The van der Waals surface area contributed by atoms with E-state index in [1.165, 1.54) is 11.1 Å². The van der Waals surface area contributed by atoms with Gasteiger partial charge >= 0.3 is 0 Å². The van der Waals surface area contributed by atoms with Gasteiger partial charge in [0.25, 0.3) is 0 Å². The van der Waals surface area contributed by atoms with Gasteiger partial charge < -0.3 is 15.8 Å². The lowest BCUT2D eigenvalue weighted by atomic mass is 10.1. The Hall–Kier alpha value is -2.01. The lowest BCUT2D eigenvalue weighted by Gasteiger charge is -2.24. The van der Waals surface area contributed by atoms with Crippen LogP contribution in [0.5, 0.6) is 0 Å². The zero-order chi connectivity index (χ0) is 15.6. The molecule has 2 aromatic rings. The van der Waals surface area contributed by atoms with Crippen LogP contribution in [0.3, 0.4) is 0 Å². The fourth-order valence-corrected chi connectivity index (χ4v) is 2.73. The van der Waals surface area contributed by atoms with Crippen LogP contribution in [-0.2, 0) is 0 Å². The maximum absolute atomic E-state index is 8.98. The van der Waals surface area contributed by atoms with Crippen molar-refractivity contribution in [2.45, 2.75) is 13.8 Å². The maximum atomic E-state index is 8.98. The molecule has 0 amide bonds. The molecule has 110 valence electrons. The van der Waals surface area contributed by atoms with Crippen LogP contribution in [0.25, 0.3) is 0 Å². The summed E-state index contributed by atoms with van der Waals surface area (Å²) >= 11 is 3.41. The summed E-state index contributed by atoms with van der Waals surface area (Å²) in [5.41, 5.74) is 10.8. The quantitative estimate of drug-likeness (QED) is 0.382. The van der Waals surface area contributed by atoms with E-state index in [9.17, 15) is 0 Å². The molecule has 0 radical (unpaired) electrons. The third kappa shape index (κ3) is 3.19. The van der Waals surface area contributed by atoms with E-state index in [1.807, 2.05) is 30.1 Å². The molecule has 0 aliphatic heterocycles. The molecule has 2 rings (SSSR count). The van der Waals surface area contributed by atoms with E-state index in [0.717, 1.165) is 15.8 Å². The number of anilines is 2. The van der Waals surface area contributed by atoms with Gasteiger partial charge in [-0.3, -0.25) is 0 Å². The molecular formula is C16H18BrN3O. The molecule has 5 heteroatoms. The minimum Gasteiger partial charge on any atom is -0.409 e. The van der Waals surface area contributed by atoms with Crippen LogP contribution in [0.15, 0.2) is 46.0 Å². The van der Waals surface area contributed by atoms with E-state index in [1.54, 1.807) is 0 Å². The first-order valence-corrected chi connectivity index (χ1v) is 7.31. The lowest BCUT2D eigenvalue weighted by molar-refractivity contribution is 0.318. The Bertz CT molecular complexity index is 698. The number of nitrogens with zero attached hydrogens (tertiary/aromatic N) is 2. The van der Waals surface area contributed by atoms with Gasteiger partial charge in [-0.25, -0.2) is 0 Å². The monoisotopic (exact) mass is 347 g/mol. The molecule has 3 N–H and O–H groups in total. The van der Waals surface area contributed by atoms with Crippen molar-refractivity contribution in [3.63, 3.8) is 0 Å². The SMILES string of the molecule is Cc1ccc(N(C)c2ccc(Br)cc2/C(N)=N/O)c(C)c1. The Labute approximate surface area is 133 Å². The standard InChI is InChI=1S/C16H18BrN3O/c1-10-4-6-14(11(2)8-10)20(3)15-7-5-12(17)9-13(15)16(18)19-21/h4-9,21H,1-3H3,(H2,18,19). The molecule has 0 atom stereocenters. The molecule has 0 bridgehead atoms. The summed E-state index contributed by atoms with van der Waals surface area (Å²) < 4.78 is 0.877. The maximum Gasteiger partial charge on any atom is 0.172 e. The Morgan fingerprint density at radius 2 is 1.81 bits per heavy atom. The van der Waals surface area contributed by atoms with Crippen molar-refractivity contribution in [3.05, 3.63) is 57.6 Å². The largest absolute Gasteiger partial charge is 0.409 e. The number of halogens is 1. The number of aryl methyl sites for hydroxylation is 2. The lowest BCUT2D eigenvalue weighted by Crippen LogP contribution is -2.20. The smallest absolute Gasteiger partial charge is 0.172 e. The van der Waals surface area contributed by atoms with E-state index in [-0.39, 0.29) is 5.84 Å². The Balaban J connectivity index is 2.55. The first-order valence-electron chi connectivity index (χ1n) is 6.52. The van der Waals surface area contributed by atoms with E-state index in [0.29, 0.717) is 5.56 Å². The third-order valence-corrected chi connectivity index (χ3v) is 3.91. The number of rotatable bonds is 3. The number of hydrogen-bond acceptors (Lipinski definition) is 3. The summed E-state index contributed by atoms with van der Waals surface area (Å²) in [7, 11) is 1.97. The molecular weight excluding hydrogens is 330 g/mol. The molecule has 0 saturated heterocycles. The molecule has 0 heterocycles. The molecule has 0 fully saturated rings. The van der Waals surface area contributed by atoms with Crippen LogP contribution in [0.1, 0.15) is 16.7 Å². The van der Waals surface area contributed by atoms with Crippen LogP contribution in [0.2, 0.25) is 0 Å². The Kier molecular flexibility index (Phi) is 4.53. The second-order valence-corrected chi connectivity index (χ2v) is 5.91. The predicted molar refractivity (Wildman–Crippen MR) is 90.6 cm³/mol. The van der Waals surface area contributed by atoms with Crippen LogP contribution in [0.4, 0.5) is 11.4 Å². The van der Waals surface area contributed by atoms with Crippen molar-refractivity contribution in [2.24, 2.45) is 10.9 Å². The number of oxime groups is 1. The fraction of sp³-hybridized carbons (Fsp3) is 0.188. The Morgan fingerprint density at radius 1 is 1.14 bits per heavy atom. The first-order chi connectivity index (χ1) is 9.93. The van der Waals surface area contributed by atoms with Crippen molar-refractivity contribution in [1.82, 2.24) is 0 Å². The highest BCUT2D eigenvalue weighted by molar-refractivity contribution is 9.10. The summed E-state index contributed by atoms with van der Waals surface area (Å²) in [5, 5.41) is 12.1. The first kappa shape index (κ1) is 15.4. The molecule has 0 saturated carbocycles. The molecule has 0 aliphatic rings. The van der Waals surface area contributed by atoms with Gasteiger partial charge in [-0.2, -0.15) is 0 Å². The molecule has 2 aromatic carbocycles. The van der Waals surface area contributed by atoms with Crippen LogP contribution < -0.4 is 10.6 Å². The molecule has 0 unspecified atom stereocenters. The van der Waals surface area contributed by atoms with Crippen molar-refractivity contribution in [2.75, 3.05) is 11.9 Å². The number of hydrogen-bond donors (Lipinski definition) is 2.